The average Bonchev–Trinajstić information content (AvgIpc) is 2.80. The van der Waals surface area contributed by atoms with Crippen LogP contribution in [0.25, 0.3) is 0 Å². The van der Waals surface area contributed by atoms with Gasteiger partial charge in [-0.05, 0) is 13.2 Å². The minimum Gasteiger partial charge on any atom is -0.462 e. The zero-order valence-corrected chi connectivity index (χ0v) is 12.4. The van der Waals surface area contributed by atoms with Crippen molar-refractivity contribution in [3.05, 3.63) is 4.88 Å². The van der Waals surface area contributed by atoms with Gasteiger partial charge in [0.05, 0.1) is 6.61 Å². The Labute approximate surface area is 121 Å². The second-order valence-corrected chi connectivity index (χ2v) is 5.47. The Bertz CT molecular complexity index is 516. The first-order valence-electron chi connectivity index (χ1n) is 5.29. The van der Waals surface area contributed by atoms with Crippen LogP contribution in [0.1, 0.15) is 16.6 Å². The van der Waals surface area contributed by atoms with E-state index in [1.165, 1.54) is 0 Å². The molecule has 10 heteroatoms. The molecule has 0 aliphatic rings. The van der Waals surface area contributed by atoms with Crippen molar-refractivity contribution in [1.29, 1.82) is 0 Å². The van der Waals surface area contributed by atoms with E-state index in [1.807, 2.05) is 0 Å². The topological polar surface area (TPSA) is 59.5 Å². The number of hydrogen-bond acceptors (Lipinski definition) is 6. The molecule has 1 aromatic heterocycles. The molecule has 0 saturated carbocycles. The van der Waals surface area contributed by atoms with E-state index in [2.05, 4.69) is 4.98 Å². The van der Waals surface area contributed by atoms with Gasteiger partial charge in [0, 0.05) is 7.05 Å². The number of carbonyl (C=O) groups is 2. The SMILES string of the molecule is CCOC(=O)c1sc(SC)nc1N(C)C(=O)C(F)(F)F. The van der Waals surface area contributed by atoms with Gasteiger partial charge >= 0.3 is 18.1 Å². The second-order valence-electron chi connectivity index (χ2n) is 3.42. The highest BCUT2D eigenvalue weighted by molar-refractivity contribution is 8.00. The molecule has 1 rings (SSSR count). The summed E-state index contributed by atoms with van der Waals surface area (Å²) >= 11 is 2.04. The first kappa shape index (κ1) is 16.8. The van der Waals surface area contributed by atoms with Crippen LogP contribution in [0, 0.1) is 0 Å². The van der Waals surface area contributed by atoms with Gasteiger partial charge in [-0.2, -0.15) is 13.2 Å². The molecular weight excluding hydrogens is 317 g/mol. The Balaban J connectivity index is 3.19. The van der Waals surface area contributed by atoms with E-state index in [0.29, 0.717) is 9.24 Å². The van der Waals surface area contributed by atoms with Crippen LogP contribution < -0.4 is 4.90 Å². The number of ether oxygens (including phenoxy) is 1. The fourth-order valence-corrected chi connectivity index (χ4v) is 2.71. The Kier molecular flexibility index (Phi) is 5.40. The van der Waals surface area contributed by atoms with E-state index in [-0.39, 0.29) is 17.3 Å². The Morgan fingerprint density at radius 3 is 2.50 bits per heavy atom. The molecule has 5 nitrogen and oxygen atoms in total. The predicted molar refractivity (Wildman–Crippen MR) is 69.3 cm³/mol. The van der Waals surface area contributed by atoms with Crippen LogP contribution in [0.15, 0.2) is 4.34 Å². The summed E-state index contributed by atoms with van der Waals surface area (Å²) in [4.78, 5) is 26.9. The van der Waals surface area contributed by atoms with Crippen molar-refractivity contribution in [2.75, 3.05) is 24.8 Å². The van der Waals surface area contributed by atoms with Crippen LogP contribution >= 0.6 is 23.1 Å². The summed E-state index contributed by atoms with van der Waals surface area (Å²) in [6.45, 7) is 1.64. The maximum atomic E-state index is 12.4. The molecule has 0 aromatic carbocycles. The van der Waals surface area contributed by atoms with Gasteiger partial charge in [-0.15, -0.1) is 0 Å². The van der Waals surface area contributed by atoms with Crippen LogP contribution in [0.5, 0.6) is 0 Å². The number of alkyl halides is 3. The van der Waals surface area contributed by atoms with E-state index in [4.69, 9.17) is 4.74 Å². The van der Waals surface area contributed by atoms with Gasteiger partial charge in [-0.1, -0.05) is 23.1 Å². The van der Waals surface area contributed by atoms with Gasteiger partial charge in [0.25, 0.3) is 0 Å². The number of carbonyl (C=O) groups excluding carboxylic acids is 2. The number of thiazole rings is 1. The van der Waals surface area contributed by atoms with E-state index in [1.54, 1.807) is 13.2 Å². The molecule has 0 aliphatic heterocycles. The third kappa shape index (κ3) is 3.63. The summed E-state index contributed by atoms with van der Waals surface area (Å²) in [6, 6.07) is 0. The van der Waals surface area contributed by atoms with Gasteiger partial charge in [-0.25, -0.2) is 9.78 Å². The number of aromatic nitrogens is 1. The van der Waals surface area contributed by atoms with Crippen LogP contribution in [0.2, 0.25) is 0 Å². The molecular formula is C10H11F3N2O3S2. The molecule has 20 heavy (non-hydrogen) atoms. The Morgan fingerprint density at radius 2 is 2.05 bits per heavy atom. The fraction of sp³-hybridized carbons (Fsp3) is 0.500. The summed E-state index contributed by atoms with van der Waals surface area (Å²) in [6.07, 6.45) is -3.38. The highest BCUT2D eigenvalue weighted by Gasteiger charge is 2.43. The van der Waals surface area contributed by atoms with E-state index >= 15 is 0 Å². The molecule has 0 bridgehead atoms. The van der Waals surface area contributed by atoms with Crippen molar-refractivity contribution >= 4 is 40.8 Å². The van der Waals surface area contributed by atoms with Crippen molar-refractivity contribution in [2.45, 2.75) is 17.4 Å². The van der Waals surface area contributed by atoms with Crippen LogP contribution in [-0.2, 0) is 9.53 Å². The standard InChI is InChI=1S/C10H11F3N2O3S2/c1-4-18-7(16)5-6(14-9(19-3)20-5)15(2)8(17)10(11,12)13/h4H2,1-3H3. The molecule has 0 unspecified atom stereocenters. The van der Waals surface area contributed by atoms with Gasteiger partial charge < -0.3 is 4.74 Å². The summed E-state index contributed by atoms with van der Waals surface area (Å²) in [5, 5.41) is 0. The molecule has 0 radical (unpaired) electrons. The van der Waals surface area contributed by atoms with E-state index in [0.717, 1.165) is 30.1 Å². The number of rotatable bonds is 4. The molecule has 112 valence electrons. The first-order chi connectivity index (χ1) is 9.22. The Hall–Kier alpha value is -1.29. The quantitative estimate of drug-likeness (QED) is 0.628. The van der Waals surface area contributed by atoms with Crippen LogP contribution in [0.3, 0.4) is 0 Å². The lowest BCUT2D eigenvalue weighted by Crippen LogP contribution is -2.39. The number of nitrogens with zero attached hydrogens (tertiary/aromatic N) is 2. The van der Waals surface area contributed by atoms with Crippen molar-refractivity contribution in [1.82, 2.24) is 4.98 Å². The monoisotopic (exact) mass is 328 g/mol. The number of halogens is 3. The minimum absolute atomic E-state index is 0.0711. The highest BCUT2D eigenvalue weighted by Crippen LogP contribution is 2.33. The molecule has 0 N–H and O–H groups in total. The molecule has 0 spiro atoms. The van der Waals surface area contributed by atoms with E-state index < -0.39 is 18.1 Å². The van der Waals surface area contributed by atoms with Crippen molar-refractivity contribution in [3.63, 3.8) is 0 Å². The van der Waals surface area contributed by atoms with Crippen LogP contribution in [0.4, 0.5) is 19.0 Å². The highest BCUT2D eigenvalue weighted by atomic mass is 32.2. The minimum atomic E-state index is -5.04. The second kappa shape index (κ2) is 6.44. The van der Waals surface area contributed by atoms with Gasteiger partial charge in [0.15, 0.2) is 15.0 Å². The predicted octanol–water partition coefficient (Wildman–Crippen LogP) is 2.57. The van der Waals surface area contributed by atoms with Gasteiger partial charge in [0.1, 0.15) is 0 Å². The summed E-state index contributed by atoms with van der Waals surface area (Å²) in [5.74, 6) is -3.25. The zero-order valence-electron chi connectivity index (χ0n) is 10.8. The molecule has 0 saturated heterocycles. The van der Waals surface area contributed by atoms with Crippen molar-refractivity contribution in [2.24, 2.45) is 0 Å². The smallest absolute Gasteiger partial charge is 0.462 e. The third-order valence-corrected chi connectivity index (χ3v) is 4.10. The summed E-state index contributed by atoms with van der Waals surface area (Å²) in [5.41, 5.74) is 0. The van der Waals surface area contributed by atoms with Crippen molar-refractivity contribution in [3.8, 4) is 0 Å². The Morgan fingerprint density at radius 1 is 1.45 bits per heavy atom. The number of amides is 1. The maximum Gasteiger partial charge on any atom is 0.471 e. The lowest BCUT2D eigenvalue weighted by molar-refractivity contribution is -0.170. The summed E-state index contributed by atoms with van der Waals surface area (Å²) < 4.78 is 42.4. The number of esters is 1. The fourth-order valence-electron chi connectivity index (χ4n) is 1.22. The number of anilines is 1. The van der Waals surface area contributed by atoms with Gasteiger partial charge in [-0.3, -0.25) is 9.69 Å². The van der Waals surface area contributed by atoms with E-state index in [9.17, 15) is 22.8 Å². The molecule has 0 fully saturated rings. The lowest BCUT2D eigenvalue weighted by atomic mass is 10.4. The normalized spacial score (nSPS) is 11.3. The average molecular weight is 328 g/mol. The zero-order chi connectivity index (χ0) is 15.5. The maximum absolute atomic E-state index is 12.4. The first-order valence-corrected chi connectivity index (χ1v) is 7.33. The third-order valence-electron chi connectivity index (χ3n) is 2.09. The molecule has 1 amide bonds. The molecule has 0 atom stereocenters. The number of thioether (sulfide) groups is 1. The summed E-state index contributed by atoms with van der Waals surface area (Å²) in [7, 11) is 0.914. The largest absolute Gasteiger partial charge is 0.471 e. The van der Waals surface area contributed by atoms with Crippen molar-refractivity contribution < 1.29 is 27.5 Å². The molecule has 1 aromatic rings. The van der Waals surface area contributed by atoms with Gasteiger partial charge in [0.2, 0.25) is 0 Å². The number of hydrogen-bond donors (Lipinski definition) is 0. The van der Waals surface area contributed by atoms with Crippen LogP contribution in [-0.4, -0.2) is 42.9 Å². The lowest BCUT2D eigenvalue weighted by Gasteiger charge is -2.17. The molecule has 1 heterocycles. The molecule has 0 aliphatic carbocycles.